The van der Waals surface area contributed by atoms with Gasteiger partial charge in [0.15, 0.2) is 0 Å². The smallest absolute Gasteiger partial charge is 0.254 e. The lowest BCUT2D eigenvalue weighted by Gasteiger charge is -2.18. The molecule has 3 rings (SSSR count). The summed E-state index contributed by atoms with van der Waals surface area (Å²) in [5.41, 5.74) is 1.43. The van der Waals surface area contributed by atoms with E-state index in [2.05, 4.69) is 10.6 Å². The van der Waals surface area contributed by atoms with Crippen LogP contribution in [-0.4, -0.2) is 48.9 Å². The van der Waals surface area contributed by atoms with Gasteiger partial charge in [0.2, 0.25) is 5.91 Å². The summed E-state index contributed by atoms with van der Waals surface area (Å²) in [5, 5.41) is 5.98. The highest BCUT2D eigenvalue weighted by Crippen LogP contribution is 2.17. The second-order valence-electron chi connectivity index (χ2n) is 6.79. The van der Waals surface area contributed by atoms with Gasteiger partial charge in [-0.25, -0.2) is 0 Å². The topological polar surface area (TPSA) is 87.7 Å². The first-order valence-electron chi connectivity index (χ1n) is 9.26. The first-order valence-corrected chi connectivity index (χ1v) is 9.63. The van der Waals surface area contributed by atoms with Crippen LogP contribution in [0.2, 0.25) is 5.02 Å². The number of nitrogens with zero attached hydrogens (tertiary/aromatic N) is 1. The number of carbonyl (C=O) groups is 3. The molecule has 2 N–H and O–H groups in total. The van der Waals surface area contributed by atoms with Crippen LogP contribution in [0.25, 0.3) is 0 Å². The fourth-order valence-electron chi connectivity index (χ4n) is 3.01. The van der Waals surface area contributed by atoms with Gasteiger partial charge in [-0.3, -0.25) is 14.4 Å². The van der Waals surface area contributed by atoms with Crippen LogP contribution in [-0.2, 0) is 14.3 Å². The molecule has 0 radical (unpaired) electrons. The van der Waals surface area contributed by atoms with Crippen molar-refractivity contribution in [3.05, 3.63) is 59.1 Å². The highest BCUT2D eigenvalue weighted by atomic mass is 35.5. The summed E-state index contributed by atoms with van der Waals surface area (Å²) >= 11 is 5.90. The van der Waals surface area contributed by atoms with E-state index in [0.717, 1.165) is 6.42 Å². The van der Waals surface area contributed by atoms with Gasteiger partial charge >= 0.3 is 0 Å². The SMILES string of the molecule is CN(CC(=O)Nc1cccc(Cl)c1)C(=O)c1cccc(NC(=O)C2CCCO2)c1. The molecule has 1 saturated heterocycles. The maximum Gasteiger partial charge on any atom is 0.254 e. The van der Waals surface area contributed by atoms with Gasteiger partial charge in [0.05, 0.1) is 6.54 Å². The van der Waals surface area contributed by atoms with Gasteiger partial charge in [0, 0.05) is 35.6 Å². The molecule has 0 saturated carbocycles. The monoisotopic (exact) mass is 415 g/mol. The molecule has 3 amide bonds. The van der Waals surface area contributed by atoms with Crippen molar-refractivity contribution in [2.75, 3.05) is 30.8 Å². The fraction of sp³-hybridized carbons (Fsp3) is 0.286. The maximum atomic E-state index is 12.7. The molecule has 1 unspecified atom stereocenters. The van der Waals surface area contributed by atoms with Crippen molar-refractivity contribution in [1.29, 1.82) is 0 Å². The minimum atomic E-state index is -0.452. The molecule has 0 aromatic heterocycles. The van der Waals surface area contributed by atoms with E-state index < -0.39 is 6.10 Å². The van der Waals surface area contributed by atoms with E-state index in [4.69, 9.17) is 16.3 Å². The van der Waals surface area contributed by atoms with Crippen molar-refractivity contribution in [1.82, 2.24) is 4.90 Å². The number of likely N-dealkylation sites (N-methyl/N-ethyl adjacent to an activating group) is 1. The van der Waals surface area contributed by atoms with Crippen molar-refractivity contribution in [3.63, 3.8) is 0 Å². The minimum Gasteiger partial charge on any atom is -0.368 e. The first kappa shape index (κ1) is 20.8. The quantitative estimate of drug-likeness (QED) is 0.758. The predicted molar refractivity (Wildman–Crippen MR) is 111 cm³/mol. The minimum absolute atomic E-state index is 0.127. The normalized spacial score (nSPS) is 15.6. The second kappa shape index (κ2) is 9.54. The van der Waals surface area contributed by atoms with Gasteiger partial charge < -0.3 is 20.3 Å². The van der Waals surface area contributed by atoms with Crippen LogP contribution in [0, 0.1) is 0 Å². The Hall–Kier alpha value is -2.90. The summed E-state index contributed by atoms with van der Waals surface area (Å²) in [6.45, 7) is 0.455. The number of hydrogen-bond acceptors (Lipinski definition) is 4. The number of hydrogen-bond donors (Lipinski definition) is 2. The average molecular weight is 416 g/mol. The molecule has 29 heavy (non-hydrogen) atoms. The molecular weight excluding hydrogens is 394 g/mol. The average Bonchev–Trinajstić information content (AvgIpc) is 3.22. The number of amides is 3. The van der Waals surface area contributed by atoms with Crippen LogP contribution in [0.1, 0.15) is 23.2 Å². The number of anilines is 2. The number of carbonyl (C=O) groups excluding carboxylic acids is 3. The van der Waals surface area contributed by atoms with E-state index in [1.165, 1.54) is 11.9 Å². The molecular formula is C21H22ClN3O4. The summed E-state index contributed by atoms with van der Waals surface area (Å²) in [4.78, 5) is 38.4. The zero-order valence-electron chi connectivity index (χ0n) is 16.0. The zero-order valence-corrected chi connectivity index (χ0v) is 16.7. The Morgan fingerprint density at radius 2 is 1.83 bits per heavy atom. The molecule has 0 aliphatic carbocycles. The summed E-state index contributed by atoms with van der Waals surface area (Å²) in [7, 11) is 1.54. The summed E-state index contributed by atoms with van der Waals surface area (Å²) in [6.07, 6.45) is 1.10. The zero-order chi connectivity index (χ0) is 20.8. The van der Waals surface area contributed by atoms with E-state index >= 15 is 0 Å². The second-order valence-corrected chi connectivity index (χ2v) is 7.23. The number of benzene rings is 2. The molecule has 1 fully saturated rings. The number of nitrogens with one attached hydrogen (secondary N) is 2. The van der Waals surface area contributed by atoms with E-state index in [-0.39, 0.29) is 24.3 Å². The molecule has 1 aliphatic rings. The Balaban J connectivity index is 1.58. The van der Waals surface area contributed by atoms with E-state index in [0.29, 0.717) is 35.0 Å². The molecule has 8 heteroatoms. The van der Waals surface area contributed by atoms with Gasteiger partial charge in [-0.1, -0.05) is 23.7 Å². The Labute approximate surface area is 174 Å². The molecule has 1 atom stereocenters. The Morgan fingerprint density at radius 3 is 2.52 bits per heavy atom. The van der Waals surface area contributed by atoms with Gasteiger partial charge in [-0.2, -0.15) is 0 Å². The molecule has 0 bridgehead atoms. The van der Waals surface area contributed by atoms with Gasteiger partial charge in [-0.05, 0) is 49.2 Å². The third kappa shape index (κ3) is 5.79. The van der Waals surface area contributed by atoms with Gasteiger partial charge in [0.25, 0.3) is 11.8 Å². The van der Waals surface area contributed by atoms with Crippen LogP contribution in [0.5, 0.6) is 0 Å². The summed E-state index contributed by atoms with van der Waals surface area (Å²) in [5.74, 6) is -0.897. The first-order chi connectivity index (χ1) is 13.9. The largest absolute Gasteiger partial charge is 0.368 e. The van der Waals surface area contributed by atoms with Crippen molar-refractivity contribution in [2.45, 2.75) is 18.9 Å². The van der Waals surface area contributed by atoms with Crippen molar-refractivity contribution < 1.29 is 19.1 Å². The Bertz CT molecular complexity index is 912. The maximum absolute atomic E-state index is 12.7. The van der Waals surface area contributed by atoms with Crippen LogP contribution in [0.4, 0.5) is 11.4 Å². The lowest BCUT2D eigenvalue weighted by atomic mass is 10.1. The molecule has 0 spiro atoms. The predicted octanol–water partition coefficient (Wildman–Crippen LogP) is 3.17. The third-order valence-corrected chi connectivity index (χ3v) is 4.67. The Kier molecular flexibility index (Phi) is 6.85. The van der Waals surface area contributed by atoms with Crippen LogP contribution >= 0.6 is 11.6 Å². The van der Waals surface area contributed by atoms with Crippen LogP contribution < -0.4 is 10.6 Å². The number of halogens is 1. The number of ether oxygens (including phenoxy) is 1. The van der Waals surface area contributed by atoms with Crippen LogP contribution in [0.3, 0.4) is 0 Å². The van der Waals surface area contributed by atoms with Gasteiger partial charge in [0.1, 0.15) is 6.10 Å². The lowest BCUT2D eigenvalue weighted by molar-refractivity contribution is -0.124. The summed E-state index contributed by atoms with van der Waals surface area (Å²) in [6, 6.07) is 13.4. The molecule has 2 aromatic carbocycles. The Morgan fingerprint density at radius 1 is 1.10 bits per heavy atom. The fourth-order valence-corrected chi connectivity index (χ4v) is 3.20. The van der Waals surface area contributed by atoms with E-state index in [9.17, 15) is 14.4 Å². The lowest BCUT2D eigenvalue weighted by Crippen LogP contribution is -2.35. The highest BCUT2D eigenvalue weighted by Gasteiger charge is 2.24. The molecule has 7 nitrogen and oxygen atoms in total. The highest BCUT2D eigenvalue weighted by molar-refractivity contribution is 6.30. The van der Waals surface area contributed by atoms with Crippen molar-refractivity contribution in [3.8, 4) is 0 Å². The van der Waals surface area contributed by atoms with Crippen LogP contribution in [0.15, 0.2) is 48.5 Å². The van der Waals surface area contributed by atoms with Crippen molar-refractivity contribution in [2.24, 2.45) is 0 Å². The molecule has 2 aromatic rings. The molecule has 1 heterocycles. The standard InChI is InChI=1S/C21H22ClN3O4/c1-25(13-19(26)23-17-8-3-6-15(22)12-17)21(28)14-5-2-7-16(11-14)24-20(27)18-9-4-10-29-18/h2-3,5-8,11-12,18H,4,9-10,13H2,1H3,(H,23,26)(H,24,27). The van der Waals surface area contributed by atoms with Gasteiger partial charge in [-0.15, -0.1) is 0 Å². The molecule has 1 aliphatic heterocycles. The summed E-state index contributed by atoms with van der Waals surface area (Å²) < 4.78 is 5.36. The van der Waals surface area contributed by atoms with E-state index in [1.807, 2.05) is 0 Å². The number of rotatable bonds is 6. The van der Waals surface area contributed by atoms with E-state index in [1.54, 1.807) is 48.5 Å². The molecule has 152 valence electrons. The van der Waals surface area contributed by atoms with Crippen molar-refractivity contribution >= 4 is 40.7 Å². The third-order valence-electron chi connectivity index (χ3n) is 4.44.